The zero-order valence-electron chi connectivity index (χ0n) is 15.1. The first-order valence-electron chi connectivity index (χ1n) is 8.33. The summed E-state index contributed by atoms with van der Waals surface area (Å²) < 4.78 is 10.2. The lowest BCUT2D eigenvalue weighted by atomic mass is 9.93. The lowest BCUT2D eigenvalue weighted by Crippen LogP contribution is -2.15. The molecule has 0 aromatic heterocycles. The van der Waals surface area contributed by atoms with Gasteiger partial charge >= 0.3 is 5.97 Å². The van der Waals surface area contributed by atoms with E-state index in [0.717, 1.165) is 17.7 Å². The van der Waals surface area contributed by atoms with Crippen LogP contribution in [0, 0.1) is 0 Å². The molecule has 0 aliphatic rings. The highest BCUT2D eigenvalue weighted by Gasteiger charge is 2.16. The molecular weight excluding hydrogens is 334 g/mol. The topological polar surface area (TPSA) is 84.9 Å². The van der Waals surface area contributed by atoms with Crippen molar-refractivity contribution in [3.05, 3.63) is 53.6 Å². The summed E-state index contributed by atoms with van der Waals surface area (Å²) in [6.07, 6.45) is 1.15. The third-order valence-corrected chi connectivity index (χ3v) is 4.23. The molecule has 1 amide bonds. The van der Waals surface area contributed by atoms with E-state index in [1.54, 1.807) is 13.2 Å². The summed E-state index contributed by atoms with van der Waals surface area (Å²) >= 11 is 0. The van der Waals surface area contributed by atoms with Gasteiger partial charge in [0.1, 0.15) is 17.1 Å². The smallest absolute Gasteiger partial charge is 0.339 e. The first-order chi connectivity index (χ1) is 12.5. The number of anilines is 1. The molecule has 6 heteroatoms. The Kier molecular flexibility index (Phi) is 6.60. The van der Waals surface area contributed by atoms with Crippen molar-refractivity contribution in [2.75, 3.05) is 19.5 Å². The van der Waals surface area contributed by atoms with Gasteiger partial charge < -0.3 is 19.9 Å². The second-order valence-corrected chi connectivity index (χ2v) is 5.85. The lowest BCUT2D eigenvalue weighted by molar-refractivity contribution is -0.116. The van der Waals surface area contributed by atoms with E-state index in [-0.39, 0.29) is 23.1 Å². The molecule has 0 spiro atoms. The Morgan fingerprint density at radius 1 is 1.08 bits per heavy atom. The van der Waals surface area contributed by atoms with Gasteiger partial charge in [0, 0.05) is 18.2 Å². The highest BCUT2D eigenvalue weighted by molar-refractivity contribution is 5.94. The van der Waals surface area contributed by atoms with Crippen LogP contribution in [0.4, 0.5) is 5.69 Å². The minimum Gasteiger partial charge on any atom is -0.497 e. The van der Waals surface area contributed by atoms with Crippen LogP contribution in [-0.2, 0) is 4.79 Å². The first-order valence-corrected chi connectivity index (χ1v) is 8.33. The number of carbonyl (C=O) groups is 2. The van der Waals surface area contributed by atoms with Crippen molar-refractivity contribution in [2.24, 2.45) is 0 Å². The number of benzene rings is 2. The average molecular weight is 357 g/mol. The van der Waals surface area contributed by atoms with Crippen molar-refractivity contribution in [3.8, 4) is 11.5 Å². The molecule has 6 nitrogen and oxygen atoms in total. The third-order valence-electron chi connectivity index (χ3n) is 4.23. The van der Waals surface area contributed by atoms with E-state index in [4.69, 9.17) is 14.6 Å². The number of ether oxygens (including phenoxy) is 2. The maximum Gasteiger partial charge on any atom is 0.339 e. The van der Waals surface area contributed by atoms with Gasteiger partial charge in [-0.25, -0.2) is 4.79 Å². The largest absolute Gasteiger partial charge is 0.497 e. The van der Waals surface area contributed by atoms with E-state index in [0.29, 0.717) is 12.1 Å². The molecule has 1 atom stereocenters. The van der Waals surface area contributed by atoms with E-state index in [1.165, 1.54) is 19.2 Å². The molecule has 2 aromatic rings. The van der Waals surface area contributed by atoms with Gasteiger partial charge in [-0.05, 0) is 42.2 Å². The Bertz CT molecular complexity index is 770. The van der Waals surface area contributed by atoms with Gasteiger partial charge in [-0.1, -0.05) is 19.1 Å². The van der Waals surface area contributed by atoms with Crippen molar-refractivity contribution in [2.45, 2.75) is 25.7 Å². The van der Waals surface area contributed by atoms with Gasteiger partial charge in [0.25, 0.3) is 0 Å². The molecule has 0 bridgehead atoms. The monoisotopic (exact) mass is 357 g/mol. The number of aromatic carboxylic acids is 1. The van der Waals surface area contributed by atoms with Crippen LogP contribution < -0.4 is 14.8 Å². The Morgan fingerprint density at radius 2 is 1.77 bits per heavy atom. The zero-order chi connectivity index (χ0) is 19.1. The summed E-state index contributed by atoms with van der Waals surface area (Å²) in [5, 5.41) is 11.9. The molecular formula is C20H23NO5. The Morgan fingerprint density at radius 3 is 2.31 bits per heavy atom. The molecule has 26 heavy (non-hydrogen) atoms. The number of hydrogen-bond acceptors (Lipinski definition) is 4. The third kappa shape index (κ3) is 4.75. The van der Waals surface area contributed by atoms with Gasteiger partial charge in [-0.3, -0.25) is 4.79 Å². The summed E-state index contributed by atoms with van der Waals surface area (Å²) in [5.41, 5.74) is 1.62. The van der Waals surface area contributed by atoms with Crippen molar-refractivity contribution >= 4 is 17.6 Å². The number of carboxylic acid groups (broad SMARTS) is 1. The maximum absolute atomic E-state index is 12.4. The zero-order valence-corrected chi connectivity index (χ0v) is 15.1. The van der Waals surface area contributed by atoms with Crippen LogP contribution in [0.3, 0.4) is 0 Å². The number of carboxylic acids is 1. The number of rotatable bonds is 8. The van der Waals surface area contributed by atoms with Crippen LogP contribution >= 0.6 is 0 Å². The van der Waals surface area contributed by atoms with Crippen LogP contribution in [0.5, 0.6) is 11.5 Å². The van der Waals surface area contributed by atoms with E-state index in [2.05, 4.69) is 5.32 Å². The second-order valence-electron chi connectivity index (χ2n) is 5.85. The molecule has 0 heterocycles. The van der Waals surface area contributed by atoms with Crippen molar-refractivity contribution in [3.63, 3.8) is 0 Å². The number of carbonyl (C=O) groups excluding carboxylic acids is 1. The molecule has 0 saturated carbocycles. The van der Waals surface area contributed by atoms with Crippen LogP contribution in [0.1, 0.15) is 41.6 Å². The van der Waals surface area contributed by atoms with E-state index in [1.807, 2.05) is 31.2 Å². The predicted octanol–water partition coefficient (Wildman–Crippen LogP) is 3.92. The van der Waals surface area contributed by atoms with Crippen molar-refractivity contribution in [1.82, 2.24) is 0 Å². The van der Waals surface area contributed by atoms with Gasteiger partial charge in [0.2, 0.25) is 5.91 Å². The highest BCUT2D eigenvalue weighted by atomic mass is 16.5. The Balaban J connectivity index is 2.07. The minimum atomic E-state index is -1.08. The van der Waals surface area contributed by atoms with E-state index in [9.17, 15) is 9.59 Å². The molecule has 2 aromatic carbocycles. The molecule has 1 unspecified atom stereocenters. The fraction of sp³-hybridized carbons (Fsp3) is 0.300. The summed E-state index contributed by atoms with van der Waals surface area (Å²) in [6.45, 7) is 2.03. The van der Waals surface area contributed by atoms with Crippen LogP contribution in [0.25, 0.3) is 0 Å². The molecule has 0 radical (unpaired) electrons. The molecule has 0 saturated heterocycles. The average Bonchev–Trinajstić information content (AvgIpc) is 2.65. The molecule has 2 N–H and O–H groups in total. The maximum atomic E-state index is 12.4. The fourth-order valence-corrected chi connectivity index (χ4v) is 2.76. The van der Waals surface area contributed by atoms with Gasteiger partial charge in [0.05, 0.1) is 14.2 Å². The summed E-state index contributed by atoms with van der Waals surface area (Å²) in [6, 6.07) is 12.2. The number of nitrogens with one attached hydrogen (secondary N) is 1. The minimum absolute atomic E-state index is 0.0511. The molecule has 0 aliphatic carbocycles. The van der Waals surface area contributed by atoms with Crippen LogP contribution in [0.2, 0.25) is 0 Å². The summed E-state index contributed by atoms with van der Waals surface area (Å²) in [4.78, 5) is 23.5. The Labute approximate surface area is 152 Å². The normalized spacial score (nSPS) is 11.5. The highest BCUT2D eigenvalue weighted by Crippen LogP contribution is 2.27. The lowest BCUT2D eigenvalue weighted by Gasteiger charge is -2.16. The second kappa shape index (κ2) is 8.89. The number of amides is 1. The predicted molar refractivity (Wildman–Crippen MR) is 99.2 cm³/mol. The van der Waals surface area contributed by atoms with E-state index >= 15 is 0 Å². The standard InChI is InChI=1S/C20H23NO5/c1-4-13(14-5-8-16(25-2)9-6-14)11-19(22)21-15-7-10-17(20(23)24)18(12-15)26-3/h5-10,12-13H,4,11H2,1-3H3,(H,21,22)(H,23,24). The summed E-state index contributed by atoms with van der Waals surface area (Å²) in [7, 11) is 3.01. The van der Waals surface area contributed by atoms with E-state index < -0.39 is 5.97 Å². The van der Waals surface area contributed by atoms with Gasteiger partial charge in [0.15, 0.2) is 0 Å². The first kappa shape index (κ1) is 19.3. The van der Waals surface area contributed by atoms with Crippen LogP contribution in [-0.4, -0.2) is 31.2 Å². The van der Waals surface area contributed by atoms with Gasteiger partial charge in [-0.15, -0.1) is 0 Å². The number of hydrogen-bond donors (Lipinski definition) is 2. The molecule has 2 rings (SSSR count). The van der Waals surface area contributed by atoms with Gasteiger partial charge in [-0.2, -0.15) is 0 Å². The Hall–Kier alpha value is -3.02. The van der Waals surface area contributed by atoms with Crippen LogP contribution in [0.15, 0.2) is 42.5 Å². The molecule has 138 valence electrons. The quantitative estimate of drug-likeness (QED) is 0.748. The molecule has 0 aliphatic heterocycles. The fourth-order valence-electron chi connectivity index (χ4n) is 2.76. The number of methoxy groups -OCH3 is 2. The SMILES string of the molecule is CCC(CC(=O)Nc1ccc(C(=O)O)c(OC)c1)c1ccc(OC)cc1. The molecule has 0 fully saturated rings. The summed E-state index contributed by atoms with van der Waals surface area (Å²) in [5.74, 6) is -0.152. The van der Waals surface area contributed by atoms with Crippen molar-refractivity contribution < 1.29 is 24.2 Å². The van der Waals surface area contributed by atoms with Crippen molar-refractivity contribution in [1.29, 1.82) is 0 Å².